The van der Waals surface area contributed by atoms with E-state index in [1.54, 1.807) is 31.2 Å². The number of benzene rings is 3. The van der Waals surface area contributed by atoms with E-state index in [-0.39, 0.29) is 18.0 Å². The molecule has 4 rings (SSSR count). The fraction of sp³-hybridized carbons (Fsp3) is 0.286. The highest BCUT2D eigenvalue weighted by atomic mass is 16.5. The Morgan fingerprint density at radius 2 is 1.45 bits per heavy atom. The lowest BCUT2D eigenvalue weighted by Crippen LogP contribution is -2.30. The van der Waals surface area contributed by atoms with Crippen LogP contribution in [-0.2, 0) is 9.53 Å². The molecule has 1 aliphatic carbocycles. The molecule has 170 valence electrons. The molecule has 5 nitrogen and oxygen atoms in total. The number of carbonyl (C=O) groups excluding carboxylic acids is 2. The van der Waals surface area contributed by atoms with Gasteiger partial charge in [0.25, 0.3) is 5.91 Å². The van der Waals surface area contributed by atoms with Gasteiger partial charge in [-0.25, -0.2) is 4.79 Å². The van der Waals surface area contributed by atoms with Gasteiger partial charge in [0, 0.05) is 5.69 Å². The first-order valence-electron chi connectivity index (χ1n) is 11.5. The molecule has 3 aromatic carbocycles. The molecule has 1 N–H and O–H groups in total. The number of hydrogen-bond acceptors (Lipinski definition) is 4. The van der Waals surface area contributed by atoms with E-state index in [1.165, 1.54) is 6.42 Å². The van der Waals surface area contributed by atoms with Gasteiger partial charge in [-0.15, -0.1) is 0 Å². The summed E-state index contributed by atoms with van der Waals surface area (Å²) in [5.74, 6) is 0.0493. The van der Waals surface area contributed by atoms with E-state index in [4.69, 9.17) is 9.47 Å². The first-order chi connectivity index (χ1) is 16.1. The number of amides is 1. The number of ether oxygens (including phenoxy) is 2. The van der Waals surface area contributed by atoms with Gasteiger partial charge in [-0.2, -0.15) is 0 Å². The van der Waals surface area contributed by atoms with Crippen LogP contribution >= 0.6 is 0 Å². The maximum atomic E-state index is 12.6. The predicted octanol–water partition coefficient (Wildman–Crippen LogP) is 6.25. The van der Waals surface area contributed by atoms with Crippen LogP contribution in [0, 0.1) is 0 Å². The summed E-state index contributed by atoms with van der Waals surface area (Å²) in [6.07, 6.45) is 4.65. The van der Waals surface area contributed by atoms with Gasteiger partial charge in [-0.05, 0) is 80.1 Å². The molecule has 0 heterocycles. The number of rotatable bonds is 7. The van der Waals surface area contributed by atoms with Crippen molar-refractivity contribution < 1.29 is 19.1 Å². The minimum atomic E-state index is -0.677. The van der Waals surface area contributed by atoms with Crippen LogP contribution in [0.1, 0.15) is 49.4 Å². The molecule has 33 heavy (non-hydrogen) atoms. The summed E-state index contributed by atoms with van der Waals surface area (Å²) in [6, 6.07) is 24.5. The first kappa shape index (κ1) is 22.6. The summed E-state index contributed by atoms with van der Waals surface area (Å²) < 4.78 is 11.4. The van der Waals surface area contributed by atoms with Crippen molar-refractivity contribution in [2.75, 3.05) is 5.32 Å². The Morgan fingerprint density at radius 3 is 2.12 bits per heavy atom. The molecule has 0 aromatic heterocycles. The quantitative estimate of drug-likeness (QED) is 0.439. The minimum Gasteiger partial charge on any atom is -0.481 e. The Morgan fingerprint density at radius 1 is 0.818 bits per heavy atom. The predicted molar refractivity (Wildman–Crippen MR) is 129 cm³/mol. The highest BCUT2D eigenvalue weighted by molar-refractivity contribution is 5.95. The molecule has 0 aliphatic heterocycles. The lowest BCUT2D eigenvalue weighted by molar-refractivity contribution is -0.122. The Labute approximate surface area is 194 Å². The van der Waals surface area contributed by atoms with E-state index >= 15 is 0 Å². The third kappa shape index (κ3) is 6.22. The molecule has 0 radical (unpaired) electrons. The van der Waals surface area contributed by atoms with E-state index in [0.29, 0.717) is 17.0 Å². The molecule has 5 heteroatoms. The minimum absolute atomic E-state index is 0.0189. The number of nitrogens with one attached hydrogen (secondary N) is 1. The van der Waals surface area contributed by atoms with Crippen molar-refractivity contribution in [2.24, 2.45) is 0 Å². The van der Waals surface area contributed by atoms with Crippen LogP contribution in [-0.4, -0.2) is 24.1 Å². The monoisotopic (exact) mass is 443 g/mol. The third-order valence-corrected chi connectivity index (χ3v) is 5.86. The average molecular weight is 444 g/mol. The van der Waals surface area contributed by atoms with Crippen LogP contribution in [0.3, 0.4) is 0 Å². The van der Waals surface area contributed by atoms with Crippen molar-refractivity contribution in [3.8, 4) is 16.9 Å². The largest absolute Gasteiger partial charge is 0.481 e. The van der Waals surface area contributed by atoms with Gasteiger partial charge in [-0.3, -0.25) is 4.79 Å². The topological polar surface area (TPSA) is 64.6 Å². The molecule has 0 bridgehead atoms. The number of anilines is 1. The second-order valence-electron chi connectivity index (χ2n) is 8.38. The average Bonchev–Trinajstić information content (AvgIpc) is 2.86. The third-order valence-electron chi connectivity index (χ3n) is 5.86. The normalized spacial score (nSPS) is 14.8. The molecule has 1 saturated carbocycles. The maximum Gasteiger partial charge on any atom is 0.338 e. The Hall–Kier alpha value is -3.60. The zero-order chi connectivity index (χ0) is 23.0. The SMILES string of the molecule is CC(Oc1ccc(-c2ccccc2)cc1)C(=O)Nc1ccc(C(=O)OC2CCCCC2)cc1. The fourth-order valence-electron chi connectivity index (χ4n) is 3.95. The van der Waals surface area contributed by atoms with Crippen LogP contribution in [0.4, 0.5) is 5.69 Å². The van der Waals surface area contributed by atoms with Gasteiger partial charge in [-0.1, -0.05) is 48.9 Å². The lowest BCUT2D eigenvalue weighted by atomic mass is 9.98. The zero-order valence-electron chi connectivity index (χ0n) is 18.8. The maximum absolute atomic E-state index is 12.6. The van der Waals surface area contributed by atoms with E-state index < -0.39 is 6.10 Å². The van der Waals surface area contributed by atoms with E-state index in [9.17, 15) is 9.59 Å². The zero-order valence-corrected chi connectivity index (χ0v) is 18.8. The van der Waals surface area contributed by atoms with Gasteiger partial charge < -0.3 is 14.8 Å². The van der Waals surface area contributed by atoms with Crippen molar-refractivity contribution >= 4 is 17.6 Å². The van der Waals surface area contributed by atoms with E-state index in [0.717, 1.165) is 36.8 Å². The number of carbonyl (C=O) groups is 2. The van der Waals surface area contributed by atoms with Crippen molar-refractivity contribution in [2.45, 2.75) is 51.2 Å². The molecular formula is C28H29NO4. The van der Waals surface area contributed by atoms with Gasteiger partial charge in [0.15, 0.2) is 6.10 Å². The standard InChI is InChI=1S/C28H29NO4/c1-20(32-26-18-14-22(15-19-26)21-8-4-2-5-9-21)27(30)29-24-16-12-23(13-17-24)28(31)33-25-10-6-3-7-11-25/h2,4-5,8-9,12-20,25H,3,6-7,10-11H2,1H3,(H,29,30). The first-order valence-corrected chi connectivity index (χ1v) is 11.5. The lowest BCUT2D eigenvalue weighted by Gasteiger charge is -2.21. The van der Waals surface area contributed by atoms with Crippen LogP contribution < -0.4 is 10.1 Å². The Balaban J connectivity index is 1.29. The second kappa shape index (κ2) is 10.8. The summed E-state index contributed by atoms with van der Waals surface area (Å²) in [4.78, 5) is 24.9. The summed E-state index contributed by atoms with van der Waals surface area (Å²) in [5, 5.41) is 2.83. The molecule has 0 saturated heterocycles. The molecule has 1 fully saturated rings. The van der Waals surface area contributed by atoms with E-state index in [2.05, 4.69) is 5.32 Å². The number of esters is 1. The number of hydrogen-bond donors (Lipinski definition) is 1. The van der Waals surface area contributed by atoms with Crippen LogP contribution in [0.2, 0.25) is 0 Å². The molecular weight excluding hydrogens is 414 g/mol. The van der Waals surface area contributed by atoms with Crippen molar-refractivity contribution in [3.05, 3.63) is 84.4 Å². The summed E-state index contributed by atoms with van der Waals surface area (Å²) >= 11 is 0. The van der Waals surface area contributed by atoms with Crippen molar-refractivity contribution in [1.82, 2.24) is 0 Å². The van der Waals surface area contributed by atoms with Crippen LogP contribution in [0.25, 0.3) is 11.1 Å². The molecule has 1 aliphatic rings. The molecule has 1 unspecified atom stereocenters. The Kier molecular flexibility index (Phi) is 7.40. The molecule has 0 spiro atoms. The highest BCUT2D eigenvalue weighted by Crippen LogP contribution is 2.24. The molecule has 1 atom stereocenters. The summed E-state index contributed by atoms with van der Waals surface area (Å²) in [7, 11) is 0. The fourth-order valence-corrected chi connectivity index (χ4v) is 3.95. The van der Waals surface area contributed by atoms with Crippen LogP contribution in [0.5, 0.6) is 5.75 Å². The van der Waals surface area contributed by atoms with E-state index in [1.807, 2.05) is 54.6 Å². The molecule has 3 aromatic rings. The Bertz CT molecular complexity index is 1060. The van der Waals surface area contributed by atoms with Gasteiger partial charge in [0.05, 0.1) is 5.56 Å². The second-order valence-corrected chi connectivity index (χ2v) is 8.38. The smallest absolute Gasteiger partial charge is 0.338 e. The van der Waals surface area contributed by atoms with Crippen LogP contribution in [0.15, 0.2) is 78.9 Å². The van der Waals surface area contributed by atoms with Gasteiger partial charge >= 0.3 is 5.97 Å². The van der Waals surface area contributed by atoms with Gasteiger partial charge in [0.1, 0.15) is 11.9 Å². The van der Waals surface area contributed by atoms with Gasteiger partial charge in [0.2, 0.25) is 0 Å². The summed E-state index contributed by atoms with van der Waals surface area (Å²) in [5.41, 5.74) is 3.30. The highest BCUT2D eigenvalue weighted by Gasteiger charge is 2.19. The van der Waals surface area contributed by atoms with Crippen molar-refractivity contribution in [1.29, 1.82) is 0 Å². The van der Waals surface area contributed by atoms with Crippen molar-refractivity contribution in [3.63, 3.8) is 0 Å². The molecule has 1 amide bonds. The summed E-state index contributed by atoms with van der Waals surface area (Å²) in [6.45, 7) is 1.70.